The highest BCUT2D eigenvalue weighted by Gasteiger charge is 2.34. The average molecular weight is 308 g/mol. The fourth-order valence-corrected chi connectivity index (χ4v) is 1.40. The van der Waals surface area contributed by atoms with E-state index in [4.69, 9.17) is 4.74 Å². The van der Waals surface area contributed by atoms with Crippen LogP contribution in [0, 0.1) is 5.82 Å². The molecule has 0 bridgehead atoms. The van der Waals surface area contributed by atoms with Crippen LogP contribution in [0.3, 0.4) is 0 Å². The monoisotopic (exact) mass is 308 g/mol. The highest BCUT2D eigenvalue weighted by Crippen LogP contribution is 2.33. The van der Waals surface area contributed by atoms with E-state index in [0.29, 0.717) is 12.1 Å². The molecule has 0 N–H and O–H groups in total. The Kier molecular flexibility index (Phi) is 5.69. The lowest BCUT2D eigenvalue weighted by Crippen LogP contribution is -2.17. The van der Waals surface area contributed by atoms with Crippen LogP contribution in [-0.2, 0) is 20.5 Å². The highest BCUT2D eigenvalue weighted by atomic mass is 19.4. The number of Topliss-reactive ketones (excluding diaryl/α,β-unsaturated/α-hetero) is 1. The lowest BCUT2D eigenvalue weighted by molar-refractivity contribution is -0.146. The third-order valence-corrected chi connectivity index (χ3v) is 2.29. The number of ether oxygens (including phenoxy) is 2. The SMILES string of the molecule is CCOC(=O)CC(=O)COc1ccc(F)c(C(F)(F)F)c1. The quantitative estimate of drug-likeness (QED) is 0.461. The highest BCUT2D eigenvalue weighted by molar-refractivity contribution is 5.96. The molecule has 0 amide bonds. The van der Waals surface area contributed by atoms with Gasteiger partial charge in [-0.25, -0.2) is 4.39 Å². The van der Waals surface area contributed by atoms with Crippen molar-refractivity contribution in [1.29, 1.82) is 0 Å². The first-order valence-corrected chi connectivity index (χ1v) is 5.91. The number of hydrogen-bond acceptors (Lipinski definition) is 4. The summed E-state index contributed by atoms with van der Waals surface area (Å²) in [4.78, 5) is 22.3. The van der Waals surface area contributed by atoms with E-state index in [1.54, 1.807) is 6.92 Å². The van der Waals surface area contributed by atoms with Gasteiger partial charge >= 0.3 is 12.1 Å². The van der Waals surface area contributed by atoms with Crippen molar-refractivity contribution in [2.24, 2.45) is 0 Å². The van der Waals surface area contributed by atoms with Gasteiger partial charge in [0.15, 0.2) is 5.78 Å². The summed E-state index contributed by atoms with van der Waals surface area (Å²) in [7, 11) is 0. The third kappa shape index (κ3) is 5.41. The molecule has 0 aromatic heterocycles. The summed E-state index contributed by atoms with van der Waals surface area (Å²) in [5, 5.41) is 0. The van der Waals surface area contributed by atoms with Crippen molar-refractivity contribution in [3.63, 3.8) is 0 Å². The normalized spacial score (nSPS) is 11.1. The van der Waals surface area contributed by atoms with Crippen molar-refractivity contribution in [3.8, 4) is 5.75 Å². The molecule has 0 saturated heterocycles. The summed E-state index contributed by atoms with van der Waals surface area (Å²) in [6.07, 6.45) is -5.40. The zero-order valence-electron chi connectivity index (χ0n) is 11.0. The van der Waals surface area contributed by atoms with Crippen LogP contribution in [0.1, 0.15) is 18.9 Å². The smallest absolute Gasteiger partial charge is 0.419 e. The van der Waals surface area contributed by atoms with E-state index in [9.17, 15) is 27.2 Å². The summed E-state index contributed by atoms with van der Waals surface area (Å²) < 4.78 is 59.7. The zero-order chi connectivity index (χ0) is 16.0. The van der Waals surface area contributed by atoms with Gasteiger partial charge in [0.25, 0.3) is 0 Å². The zero-order valence-corrected chi connectivity index (χ0v) is 11.0. The molecule has 8 heteroatoms. The van der Waals surface area contributed by atoms with E-state index in [0.717, 1.165) is 6.07 Å². The minimum Gasteiger partial charge on any atom is -0.486 e. The summed E-state index contributed by atoms with van der Waals surface area (Å²) in [6.45, 7) is 1.07. The molecular formula is C13H12F4O4. The van der Waals surface area contributed by atoms with E-state index < -0.39 is 42.3 Å². The van der Waals surface area contributed by atoms with Gasteiger partial charge in [0.1, 0.15) is 24.6 Å². The van der Waals surface area contributed by atoms with Crippen LogP contribution >= 0.6 is 0 Å². The molecule has 0 fully saturated rings. The van der Waals surface area contributed by atoms with Crippen LogP contribution < -0.4 is 4.74 Å². The second-order valence-corrected chi connectivity index (χ2v) is 3.95. The Morgan fingerprint density at radius 1 is 1.24 bits per heavy atom. The Morgan fingerprint density at radius 2 is 1.90 bits per heavy atom. The van der Waals surface area contributed by atoms with Gasteiger partial charge in [0.2, 0.25) is 0 Å². The van der Waals surface area contributed by atoms with Gasteiger partial charge < -0.3 is 9.47 Å². The molecule has 116 valence electrons. The van der Waals surface area contributed by atoms with Crippen molar-refractivity contribution in [1.82, 2.24) is 0 Å². The third-order valence-electron chi connectivity index (χ3n) is 2.29. The fourth-order valence-electron chi connectivity index (χ4n) is 1.40. The van der Waals surface area contributed by atoms with E-state index in [1.807, 2.05) is 0 Å². The Bertz CT molecular complexity index is 525. The van der Waals surface area contributed by atoms with Gasteiger partial charge in [-0.1, -0.05) is 0 Å². The maximum absolute atomic E-state index is 13.0. The van der Waals surface area contributed by atoms with Crippen LogP contribution in [-0.4, -0.2) is 25.0 Å². The van der Waals surface area contributed by atoms with Gasteiger partial charge in [-0.15, -0.1) is 0 Å². The Balaban J connectivity index is 2.64. The molecular weight excluding hydrogens is 296 g/mol. The summed E-state index contributed by atoms with van der Waals surface area (Å²) in [5.74, 6) is -3.17. The molecule has 1 aromatic rings. The first kappa shape index (κ1) is 16.9. The Labute approximate surface area is 117 Å². The maximum Gasteiger partial charge on any atom is 0.419 e. The average Bonchev–Trinajstić information content (AvgIpc) is 2.36. The molecule has 1 rings (SSSR count). The number of carbonyl (C=O) groups excluding carboxylic acids is 2. The van der Waals surface area contributed by atoms with E-state index in [1.165, 1.54) is 0 Å². The second-order valence-electron chi connectivity index (χ2n) is 3.95. The van der Waals surface area contributed by atoms with Gasteiger partial charge in [-0.3, -0.25) is 9.59 Å². The number of alkyl halides is 3. The van der Waals surface area contributed by atoms with Gasteiger partial charge in [-0.05, 0) is 25.1 Å². The van der Waals surface area contributed by atoms with Crippen molar-refractivity contribution in [2.45, 2.75) is 19.5 Å². The first-order chi connectivity index (χ1) is 9.74. The molecule has 0 aliphatic carbocycles. The number of ketones is 1. The maximum atomic E-state index is 13.0. The van der Waals surface area contributed by atoms with E-state index in [2.05, 4.69) is 4.74 Å². The van der Waals surface area contributed by atoms with Crippen LogP contribution in [0.5, 0.6) is 5.75 Å². The predicted octanol–water partition coefficient (Wildman–Crippen LogP) is 2.75. The van der Waals surface area contributed by atoms with Crippen molar-refractivity contribution >= 4 is 11.8 Å². The van der Waals surface area contributed by atoms with Crippen molar-refractivity contribution in [2.75, 3.05) is 13.2 Å². The lowest BCUT2D eigenvalue weighted by Gasteiger charge is -2.10. The molecule has 0 saturated carbocycles. The van der Waals surface area contributed by atoms with Crippen molar-refractivity contribution in [3.05, 3.63) is 29.6 Å². The molecule has 4 nitrogen and oxygen atoms in total. The molecule has 1 aromatic carbocycles. The minimum absolute atomic E-state index is 0.111. The van der Waals surface area contributed by atoms with Crippen LogP contribution in [0.4, 0.5) is 17.6 Å². The standard InChI is InChI=1S/C13H12F4O4/c1-2-20-12(19)5-8(18)7-21-9-3-4-11(14)10(6-9)13(15,16)17/h3-4,6H,2,5,7H2,1H3. The van der Waals surface area contributed by atoms with Gasteiger partial charge in [0, 0.05) is 0 Å². The molecule has 0 spiro atoms. The van der Waals surface area contributed by atoms with Gasteiger partial charge in [0.05, 0.1) is 12.2 Å². The largest absolute Gasteiger partial charge is 0.486 e. The topological polar surface area (TPSA) is 52.6 Å². The fraction of sp³-hybridized carbons (Fsp3) is 0.385. The molecule has 0 radical (unpaired) electrons. The van der Waals surface area contributed by atoms with Crippen LogP contribution in [0.2, 0.25) is 0 Å². The number of halogens is 4. The van der Waals surface area contributed by atoms with Gasteiger partial charge in [-0.2, -0.15) is 13.2 Å². The van der Waals surface area contributed by atoms with Crippen molar-refractivity contribution < 1.29 is 36.6 Å². The minimum atomic E-state index is -4.86. The Hall–Kier alpha value is -2.12. The first-order valence-electron chi connectivity index (χ1n) is 5.91. The Morgan fingerprint density at radius 3 is 2.48 bits per heavy atom. The molecule has 0 unspecified atom stereocenters. The predicted molar refractivity (Wildman–Crippen MR) is 63.2 cm³/mol. The number of hydrogen-bond donors (Lipinski definition) is 0. The second kappa shape index (κ2) is 7.05. The molecule has 0 aliphatic rings. The van der Waals surface area contributed by atoms with E-state index in [-0.39, 0.29) is 12.4 Å². The number of carbonyl (C=O) groups is 2. The van der Waals surface area contributed by atoms with Crippen LogP contribution in [0.25, 0.3) is 0 Å². The molecule has 0 aliphatic heterocycles. The van der Waals surface area contributed by atoms with E-state index >= 15 is 0 Å². The number of esters is 1. The number of rotatable bonds is 6. The summed E-state index contributed by atoms with van der Waals surface area (Å²) >= 11 is 0. The lowest BCUT2D eigenvalue weighted by atomic mass is 10.2. The molecule has 0 atom stereocenters. The van der Waals surface area contributed by atoms with Crippen LogP contribution in [0.15, 0.2) is 18.2 Å². The molecule has 0 heterocycles. The summed E-state index contributed by atoms with van der Waals surface area (Å²) in [6, 6.07) is 2.00. The summed E-state index contributed by atoms with van der Waals surface area (Å²) in [5.41, 5.74) is -1.49. The number of benzene rings is 1. The molecule has 21 heavy (non-hydrogen) atoms.